The zero-order chi connectivity index (χ0) is 18.3. The molecule has 1 aliphatic rings. The number of nitrogens with zero attached hydrogens (tertiary/aromatic N) is 2. The van der Waals surface area contributed by atoms with E-state index in [9.17, 15) is 0 Å². The lowest BCUT2D eigenvalue weighted by Crippen LogP contribution is -2.23. The number of fused-ring (bicyclic) bond motifs is 3. The van der Waals surface area contributed by atoms with Crippen molar-refractivity contribution in [3.8, 4) is 0 Å². The number of allylic oxidation sites excluding steroid dienone is 1. The molecule has 0 bridgehead atoms. The van der Waals surface area contributed by atoms with Gasteiger partial charge in [-0.1, -0.05) is 68.5 Å². The maximum absolute atomic E-state index is 5.02. The second-order valence-corrected chi connectivity index (χ2v) is 7.62. The number of hydrogen-bond donors (Lipinski definition) is 0. The average Bonchev–Trinajstić information content (AvgIpc) is 2.91. The highest BCUT2D eigenvalue weighted by molar-refractivity contribution is 6.14. The summed E-state index contributed by atoms with van der Waals surface area (Å²) in [5, 5.41) is 2.48. The van der Waals surface area contributed by atoms with E-state index in [1.165, 1.54) is 27.6 Å². The average molecular weight is 340 g/mol. The first-order valence-corrected chi connectivity index (χ1v) is 9.04. The molecule has 26 heavy (non-hydrogen) atoms. The molecule has 2 heteroatoms. The van der Waals surface area contributed by atoms with E-state index in [0.29, 0.717) is 0 Å². The lowest BCUT2D eigenvalue weighted by atomic mass is 9.80. The molecule has 2 nitrogen and oxygen atoms in total. The first-order valence-electron chi connectivity index (χ1n) is 9.04. The Morgan fingerprint density at radius 1 is 0.846 bits per heavy atom. The number of benzene rings is 3. The Kier molecular flexibility index (Phi) is 3.91. The van der Waals surface area contributed by atoms with Crippen LogP contribution < -0.4 is 4.90 Å². The molecule has 4 rings (SSSR count). The smallest absolute Gasteiger partial charge is 0.0753 e. The highest BCUT2D eigenvalue weighted by Crippen LogP contribution is 2.44. The van der Waals surface area contributed by atoms with Crippen LogP contribution in [0.25, 0.3) is 16.8 Å². The molecule has 3 aromatic carbocycles. The van der Waals surface area contributed by atoms with E-state index in [1.807, 2.05) is 0 Å². The monoisotopic (exact) mass is 340 g/mol. The highest BCUT2D eigenvalue weighted by Gasteiger charge is 2.34. The normalized spacial score (nSPS) is 15.3. The quantitative estimate of drug-likeness (QED) is 0.572. The fourth-order valence-electron chi connectivity index (χ4n) is 3.58. The molecule has 0 atom stereocenters. The van der Waals surface area contributed by atoms with Crippen LogP contribution in [-0.2, 0) is 5.41 Å². The maximum Gasteiger partial charge on any atom is 0.0753 e. The topological polar surface area (TPSA) is 15.6 Å². The predicted molar refractivity (Wildman–Crippen MR) is 114 cm³/mol. The molecule has 0 saturated carbocycles. The number of rotatable bonds is 3. The summed E-state index contributed by atoms with van der Waals surface area (Å²) < 4.78 is 0. The van der Waals surface area contributed by atoms with Gasteiger partial charge >= 0.3 is 0 Å². The van der Waals surface area contributed by atoms with Crippen LogP contribution in [0.1, 0.15) is 25.0 Å². The molecule has 1 aliphatic heterocycles. The first kappa shape index (κ1) is 16.6. The minimum Gasteiger partial charge on any atom is -0.378 e. The molecule has 1 heterocycles. The maximum atomic E-state index is 5.02. The summed E-state index contributed by atoms with van der Waals surface area (Å²) in [6.07, 6.45) is 4.33. The molecule has 3 aromatic rings. The van der Waals surface area contributed by atoms with E-state index in [0.717, 1.165) is 11.4 Å². The molecule has 0 aliphatic carbocycles. The van der Waals surface area contributed by atoms with Gasteiger partial charge in [-0.05, 0) is 34.7 Å². The van der Waals surface area contributed by atoms with Crippen molar-refractivity contribution in [2.24, 2.45) is 4.99 Å². The Balaban J connectivity index is 1.71. The second-order valence-electron chi connectivity index (χ2n) is 7.62. The van der Waals surface area contributed by atoms with Gasteiger partial charge in [0, 0.05) is 30.6 Å². The van der Waals surface area contributed by atoms with E-state index in [-0.39, 0.29) is 5.41 Å². The summed E-state index contributed by atoms with van der Waals surface area (Å²) in [6, 6.07) is 21.5. The van der Waals surface area contributed by atoms with Crippen LogP contribution in [0.4, 0.5) is 11.4 Å². The van der Waals surface area contributed by atoms with Crippen LogP contribution in [0.2, 0.25) is 0 Å². The molecule has 0 radical (unpaired) electrons. The number of hydrogen-bond acceptors (Lipinski definition) is 2. The van der Waals surface area contributed by atoms with E-state index in [2.05, 4.69) is 106 Å². The van der Waals surface area contributed by atoms with Crippen LogP contribution in [0.15, 0.2) is 71.7 Å². The SMILES string of the molecule is CN(C)c1ccc(/C=C/C2=Nc3c(ccc4ccccc34)C2(C)C)cc1. The fraction of sp³-hybridized carbons (Fsp3) is 0.208. The third-order valence-corrected chi connectivity index (χ3v) is 5.29. The van der Waals surface area contributed by atoms with Crippen molar-refractivity contribution in [1.29, 1.82) is 0 Å². The molecule has 0 fully saturated rings. The fourth-order valence-corrected chi connectivity index (χ4v) is 3.58. The summed E-state index contributed by atoms with van der Waals surface area (Å²) in [5.74, 6) is 0. The Hall–Kier alpha value is -2.87. The molecule has 0 spiro atoms. The number of aliphatic imine (C=N–C) groups is 1. The Bertz CT molecular complexity index is 1020. The summed E-state index contributed by atoms with van der Waals surface area (Å²) in [5.41, 5.74) is 5.85. The Morgan fingerprint density at radius 3 is 2.31 bits per heavy atom. The number of anilines is 1. The molecule has 0 N–H and O–H groups in total. The van der Waals surface area contributed by atoms with Gasteiger partial charge in [-0.15, -0.1) is 0 Å². The molecular formula is C24H24N2. The van der Waals surface area contributed by atoms with Crippen LogP contribution in [-0.4, -0.2) is 19.8 Å². The lowest BCUT2D eigenvalue weighted by Gasteiger charge is -2.20. The molecular weight excluding hydrogens is 316 g/mol. The molecule has 0 amide bonds. The van der Waals surface area contributed by atoms with E-state index < -0.39 is 0 Å². The van der Waals surface area contributed by atoms with E-state index in [4.69, 9.17) is 4.99 Å². The van der Waals surface area contributed by atoms with Crippen LogP contribution >= 0.6 is 0 Å². The summed E-state index contributed by atoms with van der Waals surface area (Å²) >= 11 is 0. The van der Waals surface area contributed by atoms with Gasteiger partial charge in [0.25, 0.3) is 0 Å². The predicted octanol–water partition coefficient (Wildman–Crippen LogP) is 5.98. The van der Waals surface area contributed by atoms with Gasteiger partial charge in [-0.25, -0.2) is 0 Å². The van der Waals surface area contributed by atoms with Crippen molar-refractivity contribution in [3.05, 3.63) is 77.9 Å². The Morgan fingerprint density at radius 2 is 1.58 bits per heavy atom. The molecule has 0 aromatic heterocycles. The van der Waals surface area contributed by atoms with Gasteiger partial charge in [0.15, 0.2) is 0 Å². The standard InChI is InChI=1S/C24H24N2/c1-24(2)21-15-12-18-7-5-6-8-20(18)23(21)25-22(24)16-11-17-9-13-19(14-10-17)26(3)4/h5-16H,1-4H3/b16-11+. The third-order valence-electron chi connectivity index (χ3n) is 5.29. The van der Waals surface area contributed by atoms with Crippen LogP contribution in [0.3, 0.4) is 0 Å². The molecule has 0 saturated heterocycles. The van der Waals surface area contributed by atoms with Crippen molar-refractivity contribution in [1.82, 2.24) is 0 Å². The van der Waals surface area contributed by atoms with E-state index in [1.54, 1.807) is 0 Å². The van der Waals surface area contributed by atoms with Crippen molar-refractivity contribution < 1.29 is 0 Å². The van der Waals surface area contributed by atoms with Crippen LogP contribution in [0.5, 0.6) is 0 Å². The Labute approximate surface area is 155 Å². The zero-order valence-corrected chi connectivity index (χ0v) is 15.8. The summed E-state index contributed by atoms with van der Waals surface area (Å²) in [7, 11) is 4.12. The van der Waals surface area contributed by atoms with Crippen molar-refractivity contribution in [2.75, 3.05) is 19.0 Å². The molecule has 130 valence electrons. The highest BCUT2D eigenvalue weighted by atomic mass is 15.1. The lowest BCUT2D eigenvalue weighted by molar-refractivity contribution is 0.741. The van der Waals surface area contributed by atoms with Gasteiger partial charge in [0.05, 0.1) is 11.4 Å². The molecule has 0 unspecified atom stereocenters. The first-order chi connectivity index (χ1) is 12.5. The second kappa shape index (κ2) is 6.14. The van der Waals surface area contributed by atoms with Gasteiger partial charge < -0.3 is 4.90 Å². The minimum atomic E-state index is -0.0839. The van der Waals surface area contributed by atoms with E-state index >= 15 is 0 Å². The summed E-state index contributed by atoms with van der Waals surface area (Å²) in [4.78, 5) is 7.13. The largest absolute Gasteiger partial charge is 0.378 e. The summed E-state index contributed by atoms with van der Waals surface area (Å²) in [6.45, 7) is 4.51. The van der Waals surface area contributed by atoms with Gasteiger partial charge in [0.2, 0.25) is 0 Å². The minimum absolute atomic E-state index is 0.0839. The van der Waals surface area contributed by atoms with Crippen molar-refractivity contribution in [3.63, 3.8) is 0 Å². The van der Waals surface area contributed by atoms with Crippen LogP contribution in [0, 0.1) is 0 Å². The van der Waals surface area contributed by atoms with Gasteiger partial charge in [-0.2, -0.15) is 0 Å². The third kappa shape index (κ3) is 2.72. The van der Waals surface area contributed by atoms with Crippen molar-refractivity contribution >= 4 is 33.9 Å². The van der Waals surface area contributed by atoms with Gasteiger partial charge in [0.1, 0.15) is 0 Å². The van der Waals surface area contributed by atoms with Crippen molar-refractivity contribution in [2.45, 2.75) is 19.3 Å². The van der Waals surface area contributed by atoms with Gasteiger partial charge in [-0.3, -0.25) is 4.99 Å². The zero-order valence-electron chi connectivity index (χ0n) is 15.8.